The van der Waals surface area contributed by atoms with Crippen LogP contribution in [0, 0.1) is 24.4 Å². The van der Waals surface area contributed by atoms with Crippen molar-refractivity contribution in [1.29, 1.82) is 0 Å². The minimum absolute atomic E-state index is 0.0440. The van der Waals surface area contributed by atoms with Gasteiger partial charge in [-0.05, 0) is 66.4 Å². The van der Waals surface area contributed by atoms with Crippen LogP contribution in [-0.4, -0.2) is 26.2 Å². The Balaban J connectivity index is 1.87. The Morgan fingerprint density at radius 2 is 1.71 bits per heavy atom. The predicted molar refractivity (Wildman–Crippen MR) is 140 cm³/mol. The third-order valence-electron chi connectivity index (χ3n) is 6.57. The molecule has 1 atom stereocenters. The molecule has 42 heavy (non-hydrogen) atoms. The molecule has 0 aliphatic heterocycles. The molecule has 0 saturated carbocycles. The lowest BCUT2D eigenvalue weighted by Crippen LogP contribution is -2.28. The fourth-order valence-corrected chi connectivity index (χ4v) is 4.48. The van der Waals surface area contributed by atoms with Crippen molar-refractivity contribution >= 4 is 12.0 Å². The highest BCUT2D eigenvalue weighted by Gasteiger charge is 2.35. The van der Waals surface area contributed by atoms with Crippen LogP contribution in [0.2, 0.25) is 0 Å². The number of benzene rings is 3. The number of carbonyl (C=O) groups is 2. The second-order valence-electron chi connectivity index (χ2n) is 9.63. The molecule has 0 unspecified atom stereocenters. The van der Waals surface area contributed by atoms with E-state index in [0.29, 0.717) is 11.1 Å². The van der Waals surface area contributed by atoms with E-state index in [-0.39, 0.29) is 23.8 Å². The Hall–Kier alpha value is -4.81. The van der Waals surface area contributed by atoms with E-state index in [2.05, 4.69) is 10.3 Å². The number of alkyl halides is 3. The van der Waals surface area contributed by atoms with Crippen LogP contribution in [0.15, 0.2) is 65.9 Å². The minimum atomic E-state index is -5.06. The summed E-state index contributed by atoms with van der Waals surface area (Å²) in [4.78, 5) is 28.0. The smallest absolute Gasteiger partial charge is 0.434 e. The van der Waals surface area contributed by atoms with Crippen molar-refractivity contribution in [1.82, 2.24) is 14.5 Å². The molecule has 13 heteroatoms. The van der Waals surface area contributed by atoms with Gasteiger partial charge in [-0.25, -0.2) is 18.0 Å². The van der Waals surface area contributed by atoms with E-state index < -0.39 is 63.9 Å². The molecule has 4 rings (SSSR count). The van der Waals surface area contributed by atoms with E-state index in [4.69, 9.17) is 5.11 Å². The monoisotopic (exact) mass is 590 g/mol. The molecule has 2 amide bonds. The molecule has 4 aromatic rings. The normalized spacial score (nSPS) is 12.8. The summed E-state index contributed by atoms with van der Waals surface area (Å²) in [7, 11) is 1.51. The third kappa shape index (κ3) is 6.40. The molecule has 0 saturated heterocycles. The second kappa shape index (κ2) is 11.6. The number of aromatic nitrogens is 2. The van der Waals surface area contributed by atoms with Crippen LogP contribution in [0.1, 0.15) is 45.6 Å². The molecular weight excluding hydrogens is 566 g/mol. The molecule has 220 valence electrons. The van der Waals surface area contributed by atoms with Gasteiger partial charge >= 0.3 is 12.3 Å². The molecule has 1 aromatic heterocycles. The largest absolute Gasteiger partial charge is 0.463 e. The quantitative estimate of drug-likeness (QED) is 0.257. The summed E-state index contributed by atoms with van der Waals surface area (Å²) in [6.07, 6.45) is -3.63. The summed E-state index contributed by atoms with van der Waals surface area (Å²) in [5, 5.41) is 11.7. The van der Waals surface area contributed by atoms with E-state index >= 15 is 4.39 Å². The number of carboxylic acid groups (broad SMARTS) is 1. The summed E-state index contributed by atoms with van der Waals surface area (Å²) >= 11 is 0. The predicted octanol–water partition coefficient (Wildman–Crippen LogP) is 6.36. The lowest BCUT2D eigenvalue weighted by molar-refractivity contribution is -0.137. The van der Waals surface area contributed by atoms with E-state index in [1.807, 2.05) is 0 Å². The SMILES string of the molecule is Cc1cc([C@H](C)NC(=O)c2cc(Cn3ccn(C)/c3=N/C(=O)O)cc(-c3ccc(F)cc3C(F)(F)F)c2F)ccc1F. The zero-order valence-electron chi connectivity index (χ0n) is 22.4. The van der Waals surface area contributed by atoms with Crippen molar-refractivity contribution in [2.75, 3.05) is 0 Å². The van der Waals surface area contributed by atoms with Gasteiger partial charge in [0.25, 0.3) is 5.91 Å². The number of amides is 2. The maximum absolute atomic E-state index is 15.9. The van der Waals surface area contributed by atoms with E-state index in [9.17, 15) is 31.5 Å². The van der Waals surface area contributed by atoms with Crippen LogP contribution in [0.4, 0.5) is 31.1 Å². The van der Waals surface area contributed by atoms with Gasteiger partial charge in [0.05, 0.1) is 23.7 Å². The number of rotatable bonds is 6. The fourth-order valence-electron chi connectivity index (χ4n) is 4.48. The lowest BCUT2D eigenvalue weighted by Gasteiger charge is -2.19. The van der Waals surface area contributed by atoms with Crippen LogP contribution < -0.4 is 10.9 Å². The van der Waals surface area contributed by atoms with Crippen molar-refractivity contribution in [3.8, 4) is 11.1 Å². The lowest BCUT2D eigenvalue weighted by atomic mass is 9.94. The van der Waals surface area contributed by atoms with Gasteiger partial charge in [-0.3, -0.25) is 4.79 Å². The molecule has 0 spiro atoms. The van der Waals surface area contributed by atoms with Gasteiger partial charge in [0.15, 0.2) is 0 Å². The standard InChI is InChI=1S/C29H24F6N4O3/c1-15-10-18(4-7-24(15)31)16(2)36-26(40)22-12-17(14-39-9-8-38(3)27(39)37-28(41)42)11-21(25(22)32)20-6-5-19(30)13-23(20)29(33,34)35/h4-13,16H,14H2,1-3H3,(H,36,40)(H,41,42)/b37-27-/t16-/m0/s1. The van der Waals surface area contributed by atoms with Crippen LogP contribution >= 0.6 is 0 Å². The van der Waals surface area contributed by atoms with Gasteiger partial charge in [0.2, 0.25) is 5.62 Å². The highest BCUT2D eigenvalue weighted by Crippen LogP contribution is 2.39. The summed E-state index contributed by atoms with van der Waals surface area (Å²) in [5.74, 6) is -3.92. The Morgan fingerprint density at radius 1 is 1.00 bits per heavy atom. The van der Waals surface area contributed by atoms with Gasteiger partial charge in [-0.15, -0.1) is 4.99 Å². The van der Waals surface area contributed by atoms with Gasteiger partial charge in [-0.1, -0.05) is 18.2 Å². The Morgan fingerprint density at radius 3 is 2.36 bits per heavy atom. The van der Waals surface area contributed by atoms with Crippen molar-refractivity contribution < 1.29 is 41.0 Å². The summed E-state index contributed by atoms with van der Waals surface area (Å²) in [5.41, 5.74) is -2.50. The van der Waals surface area contributed by atoms with Gasteiger partial charge in [0, 0.05) is 25.0 Å². The Kier molecular flexibility index (Phi) is 8.32. The first-order valence-corrected chi connectivity index (χ1v) is 12.4. The van der Waals surface area contributed by atoms with Gasteiger partial charge in [-0.2, -0.15) is 13.2 Å². The van der Waals surface area contributed by atoms with Crippen LogP contribution in [0.25, 0.3) is 11.1 Å². The first-order valence-electron chi connectivity index (χ1n) is 12.4. The van der Waals surface area contributed by atoms with Crippen molar-refractivity contribution in [2.45, 2.75) is 32.6 Å². The highest BCUT2D eigenvalue weighted by molar-refractivity contribution is 5.96. The number of halogens is 6. The number of imidazole rings is 1. The van der Waals surface area contributed by atoms with Crippen LogP contribution in [0.3, 0.4) is 0 Å². The Bertz CT molecular complexity index is 1760. The number of aryl methyl sites for hydroxylation is 2. The van der Waals surface area contributed by atoms with Crippen LogP contribution in [0.5, 0.6) is 0 Å². The molecule has 3 aromatic carbocycles. The topological polar surface area (TPSA) is 88.6 Å². The maximum atomic E-state index is 15.9. The average Bonchev–Trinajstić information content (AvgIpc) is 3.23. The molecule has 1 heterocycles. The van der Waals surface area contributed by atoms with E-state index in [0.717, 1.165) is 24.3 Å². The number of hydrogen-bond acceptors (Lipinski definition) is 2. The molecule has 0 bridgehead atoms. The molecule has 0 aliphatic rings. The molecule has 2 N–H and O–H groups in total. The molecule has 7 nitrogen and oxygen atoms in total. The van der Waals surface area contributed by atoms with Gasteiger partial charge in [0.1, 0.15) is 17.5 Å². The van der Waals surface area contributed by atoms with Crippen LogP contribution in [-0.2, 0) is 19.8 Å². The fraction of sp³-hybridized carbons (Fsp3) is 0.207. The average molecular weight is 591 g/mol. The zero-order valence-corrected chi connectivity index (χ0v) is 22.4. The van der Waals surface area contributed by atoms with Crippen molar-refractivity contribution in [2.24, 2.45) is 12.0 Å². The highest BCUT2D eigenvalue weighted by atomic mass is 19.4. The molecule has 0 radical (unpaired) electrons. The summed E-state index contributed by atoms with van der Waals surface area (Å²) in [6.45, 7) is 2.88. The number of nitrogens with one attached hydrogen (secondary N) is 1. The molecular formula is C29H24F6N4O3. The molecule has 0 aliphatic carbocycles. The third-order valence-corrected chi connectivity index (χ3v) is 6.57. The number of nitrogens with zero attached hydrogens (tertiary/aromatic N) is 3. The summed E-state index contributed by atoms with van der Waals surface area (Å²) in [6, 6.07) is 7.32. The summed E-state index contributed by atoms with van der Waals surface area (Å²) < 4.78 is 87.9. The first kappa shape index (κ1) is 30.2. The number of hydrogen-bond donors (Lipinski definition) is 2. The second-order valence-corrected chi connectivity index (χ2v) is 9.63. The van der Waals surface area contributed by atoms with E-state index in [1.165, 1.54) is 53.7 Å². The van der Waals surface area contributed by atoms with E-state index in [1.54, 1.807) is 6.92 Å². The zero-order chi connectivity index (χ0) is 30.9. The van der Waals surface area contributed by atoms with Crippen molar-refractivity contribution in [3.05, 3.63) is 112 Å². The Labute approximate surface area is 235 Å². The first-order chi connectivity index (χ1) is 19.6. The van der Waals surface area contributed by atoms with Gasteiger partial charge < -0.3 is 19.6 Å². The minimum Gasteiger partial charge on any atom is -0.463 e. The number of carbonyl (C=O) groups excluding carboxylic acids is 1. The maximum Gasteiger partial charge on any atom is 0.434 e. The van der Waals surface area contributed by atoms with Crippen molar-refractivity contribution in [3.63, 3.8) is 0 Å². The molecule has 0 fully saturated rings.